The largest absolute Gasteiger partial charge is 0.384 e. The topological polar surface area (TPSA) is 66.3 Å². The fourth-order valence-electron chi connectivity index (χ4n) is 1.82. The Balaban J connectivity index is 2.12. The molecular formula is C16H15N3O2. The SMILES string of the molecule is CN(Cc1ccncc1)C(=O)c1cncc(C#CCO)c1. The van der Waals surface area contributed by atoms with E-state index in [1.165, 1.54) is 6.20 Å². The van der Waals surface area contributed by atoms with Crippen molar-refractivity contribution in [2.75, 3.05) is 13.7 Å². The van der Waals surface area contributed by atoms with Gasteiger partial charge in [-0.15, -0.1) is 0 Å². The third-order valence-electron chi connectivity index (χ3n) is 2.81. The molecule has 0 bridgehead atoms. The summed E-state index contributed by atoms with van der Waals surface area (Å²) in [5.41, 5.74) is 2.08. The lowest BCUT2D eigenvalue weighted by Crippen LogP contribution is -2.26. The summed E-state index contributed by atoms with van der Waals surface area (Å²) in [4.78, 5) is 21.9. The van der Waals surface area contributed by atoms with Gasteiger partial charge in [-0.2, -0.15) is 0 Å². The van der Waals surface area contributed by atoms with Gasteiger partial charge in [0.25, 0.3) is 5.91 Å². The van der Waals surface area contributed by atoms with Crippen molar-refractivity contribution in [2.24, 2.45) is 0 Å². The second-order valence-corrected chi connectivity index (χ2v) is 4.44. The van der Waals surface area contributed by atoms with Crippen molar-refractivity contribution >= 4 is 5.91 Å². The van der Waals surface area contributed by atoms with Crippen molar-refractivity contribution in [3.63, 3.8) is 0 Å². The molecule has 106 valence electrons. The number of nitrogens with zero attached hydrogens (tertiary/aromatic N) is 3. The van der Waals surface area contributed by atoms with Crippen molar-refractivity contribution < 1.29 is 9.90 Å². The molecule has 21 heavy (non-hydrogen) atoms. The summed E-state index contributed by atoms with van der Waals surface area (Å²) in [5, 5.41) is 8.68. The zero-order chi connectivity index (χ0) is 15.1. The van der Waals surface area contributed by atoms with E-state index in [-0.39, 0.29) is 12.5 Å². The van der Waals surface area contributed by atoms with Crippen LogP contribution < -0.4 is 0 Å². The summed E-state index contributed by atoms with van der Waals surface area (Å²) in [6, 6.07) is 5.40. The van der Waals surface area contributed by atoms with Gasteiger partial charge in [0.1, 0.15) is 6.61 Å². The molecule has 1 amide bonds. The average Bonchev–Trinajstić information content (AvgIpc) is 2.53. The van der Waals surface area contributed by atoms with E-state index >= 15 is 0 Å². The van der Waals surface area contributed by atoms with Gasteiger partial charge in [-0.05, 0) is 23.8 Å². The zero-order valence-corrected chi connectivity index (χ0v) is 11.7. The second kappa shape index (κ2) is 7.17. The van der Waals surface area contributed by atoms with Gasteiger partial charge < -0.3 is 10.0 Å². The van der Waals surface area contributed by atoms with Gasteiger partial charge >= 0.3 is 0 Å². The number of aromatic nitrogens is 2. The van der Waals surface area contributed by atoms with Crippen LogP contribution in [0, 0.1) is 11.8 Å². The van der Waals surface area contributed by atoms with Gasteiger partial charge in [-0.1, -0.05) is 11.8 Å². The van der Waals surface area contributed by atoms with Crippen LogP contribution >= 0.6 is 0 Å². The predicted molar refractivity (Wildman–Crippen MR) is 78.2 cm³/mol. The summed E-state index contributed by atoms with van der Waals surface area (Å²) < 4.78 is 0. The Morgan fingerprint density at radius 1 is 1.29 bits per heavy atom. The van der Waals surface area contributed by atoms with E-state index in [0.717, 1.165) is 5.56 Å². The Labute approximate surface area is 123 Å². The van der Waals surface area contributed by atoms with E-state index in [1.54, 1.807) is 36.6 Å². The number of carbonyl (C=O) groups excluding carboxylic acids is 1. The highest BCUT2D eigenvalue weighted by molar-refractivity contribution is 5.94. The lowest BCUT2D eigenvalue weighted by molar-refractivity contribution is 0.0784. The predicted octanol–water partition coefficient (Wildman–Crippen LogP) is 1.09. The zero-order valence-electron chi connectivity index (χ0n) is 11.7. The molecule has 0 atom stereocenters. The maximum absolute atomic E-state index is 12.3. The van der Waals surface area contributed by atoms with Crippen molar-refractivity contribution in [3.8, 4) is 11.8 Å². The minimum absolute atomic E-state index is 0.132. The molecule has 0 aliphatic carbocycles. The first-order chi connectivity index (χ1) is 10.2. The molecule has 5 nitrogen and oxygen atoms in total. The monoisotopic (exact) mass is 281 g/mol. The van der Waals surface area contributed by atoms with Crippen LogP contribution in [0.5, 0.6) is 0 Å². The number of hydrogen-bond acceptors (Lipinski definition) is 4. The summed E-state index contributed by atoms with van der Waals surface area (Å²) in [6.45, 7) is 0.272. The highest BCUT2D eigenvalue weighted by Crippen LogP contribution is 2.08. The third-order valence-corrected chi connectivity index (χ3v) is 2.81. The molecule has 5 heteroatoms. The molecular weight excluding hydrogens is 266 g/mol. The smallest absolute Gasteiger partial charge is 0.255 e. The van der Waals surface area contributed by atoms with E-state index in [0.29, 0.717) is 17.7 Å². The highest BCUT2D eigenvalue weighted by Gasteiger charge is 2.12. The van der Waals surface area contributed by atoms with E-state index in [4.69, 9.17) is 5.11 Å². The van der Waals surface area contributed by atoms with Crippen molar-refractivity contribution in [2.45, 2.75) is 6.54 Å². The number of carbonyl (C=O) groups is 1. The minimum Gasteiger partial charge on any atom is -0.384 e. The van der Waals surface area contributed by atoms with Crippen molar-refractivity contribution in [1.82, 2.24) is 14.9 Å². The molecule has 0 fully saturated rings. The van der Waals surface area contributed by atoms with Crippen LogP contribution in [0.15, 0.2) is 43.0 Å². The molecule has 0 aliphatic rings. The maximum atomic E-state index is 12.3. The van der Waals surface area contributed by atoms with Crippen LogP contribution in [0.4, 0.5) is 0 Å². The molecule has 0 spiro atoms. The molecule has 1 N–H and O–H groups in total. The number of hydrogen-bond donors (Lipinski definition) is 1. The molecule has 2 heterocycles. The first kappa shape index (κ1) is 14.7. The van der Waals surface area contributed by atoms with Gasteiger partial charge in [-0.25, -0.2) is 0 Å². The Hall–Kier alpha value is -2.71. The van der Waals surface area contributed by atoms with Crippen LogP contribution in [-0.4, -0.2) is 39.5 Å². The lowest BCUT2D eigenvalue weighted by atomic mass is 10.1. The molecule has 0 aromatic carbocycles. The number of amides is 1. The Bertz CT molecular complexity index is 675. The van der Waals surface area contributed by atoms with Crippen LogP contribution in [-0.2, 0) is 6.54 Å². The summed E-state index contributed by atoms with van der Waals surface area (Å²) in [7, 11) is 1.73. The van der Waals surface area contributed by atoms with Gasteiger partial charge in [0.05, 0.1) is 5.56 Å². The van der Waals surface area contributed by atoms with Gasteiger partial charge in [0.15, 0.2) is 0 Å². The molecule has 0 saturated heterocycles. The quantitative estimate of drug-likeness (QED) is 0.855. The van der Waals surface area contributed by atoms with Gasteiger partial charge in [0.2, 0.25) is 0 Å². The third kappa shape index (κ3) is 4.13. The Morgan fingerprint density at radius 3 is 2.76 bits per heavy atom. The van der Waals surface area contributed by atoms with E-state index in [1.807, 2.05) is 12.1 Å². The Morgan fingerprint density at radius 2 is 2.05 bits per heavy atom. The van der Waals surface area contributed by atoms with Gasteiger partial charge in [-0.3, -0.25) is 14.8 Å². The summed E-state index contributed by atoms with van der Waals surface area (Å²) in [6.07, 6.45) is 6.46. The molecule has 0 aliphatic heterocycles. The van der Waals surface area contributed by atoms with E-state index in [9.17, 15) is 4.79 Å². The maximum Gasteiger partial charge on any atom is 0.255 e. The number of aliphatic hydroxyl groups is 1. The summed E-state index contributed by atoms with van der Waals surface area (Å²) in [5.74, 6) is 5.14. The molecule has 2 aromatic rings. The number of pyridine rings is 2. The average molecular weight is 281 g/mol. The normalized spacial score (nSPS) is 9.62. The van der Waals surface area contributed by atoms with Crippen molar-refractivity contribution in [3.05, 3.63) is 59.7 Å². The Kier molecular flexibility index (Phi) is 5.02. The molecule has 0 unspecified atom stereocenters. The number of aliphatic hydroxyl groups excluding tert-OH is 1. The standard InChI is InChI=1S/C16H15N3O2/c1-19(12-13-4-6-17-7-5-13)16(21)15-9-14(3-2-8-20)10-18-11-15/h4-7,9-11,20H,8,12H2,1H3. The molecule has 0 saturated carbocycles. The van der Waals surface area contributed by atoms with Crippen LogP contribution in [0.1, 0.15) is 21.5 Å². The van der Waals surface area contributed by atoms with E-state index < -0.39 is 0 Å². The first-order valence-electron chi connectivity index (χ1n) is 6.40. The minimum atomic E-state index is -0.222. The van der Waals surface area contributed by atoms with E-state index in [2.05, 4.69) is 21.8 Å². The van der Waals surface area contributed by atoms with Crippen molar-refractivity contribution in [1.29, 1.82) is 0 Å². The van der Waals surface area contributed by atoms with Gasteiger partial charge in [0, 0.05) is 43.9 Å². The van der Waals surface area contributed by atoms with Crippen LogP contribution in [0.3, 0.4) is 0 Å². The fourth-order valence-corrected chi connectivity index (χ4v) is 1.82. The summed E-state index contributed by atoms with van der Waals surface area (Å²) >= 11 is 0. The number of rotatable bonds is 3. The molecule has 0 radical (unpaired) electrons. The van der Waals surface area contributed by atoms with Crippen LogP contribution in [0.25, 0.3) is 0 Å². The lowest BCUT2D eigenvalue weighted by Gasteiger charge is -2.17. The second-order valence-electron chi connectivity index (χ2n) is 4.44. The highest BCUT2D eigenvalue weighted by atomic mass is 16.2. The fraction of sp³-hybridized carbons (Fsp3) is 0.188. The van der Waals surface area contributed by atoms with Crippen LogP contribution in [0.2, 0.25) is 0 Å². The molecule has 2 rings (SSSR count). The molecule has 2 aromatic heterocycles. The first-order valence-corrected chi connectivity index (χ1v) is 6.40.